The average Bonchev–Trinajstić information content (AvgIpc) is 2.93. The number of rotatable bonds is 4. The van der Waals surface area contributed by atoms with Gasteiger partial charge in [0.15, 0.2) is 0 Å². The molecule has 0 aliphatic carbocycles. The molecule has 0 radical (unpaired) electrons. The van der Waals surface area contributed by atoms with Gasteiger partial charge in [0.2, 0.25) is 0 Å². The third-order valence-corrected chi connectivity index (χ3v) is 4.36. The number of carboxylic acid groups (broad SMARTS) is 1. The molecule has 23 heavy (non-hydrogen) atoms. The highest BCUT2D eigenvalue weighted by atomic mass is 32.2. The Morgan fingerprint density at radius 1 is 1.13 bits per heavy atom. The number of hydrogen-bond donors (Lipinski definition) is 3. The predicted octanol–water partition coefficient (Wildman–Crippen LogP) is 1.60. The average molecular weight is 336 g/mol. The van der Waals surface area contributed by atoms with E-state index in [1.165, 1.54) is 12.1 Å². The van der Waals surface area contributed by atoms with E-state index in [-0.39, 0.29) is 5.69 Å². The fourth-order valence-corrected chi connectivity index (χ4v) is 3.06. The molecule has 1 aromatic heterocycles. The van der Waals surface area contributed by atoms with Crippen LogP contribution in [0.2, 0.25) is 0 Å². The quantitative estimate of drug-likeness (QED) is 0.664. The molecule has 3 rings (SSSR count). The molecule has 0 atom stereocenters. The molecule has 0 amide bonds. The summed E-state index contributed by atoms with van der Waals surface area (Å²) in [4.78, 5) is 10.4. The first-order valence-electron chi connectivity index (χ1n) is 6.22. The van der Waals surface area contributed by atoms with E-state index < -0.39 is 32.3 Å². The standard InChI is InChI=1S/C13H9FN4O4S/c14-8-3-7(13(19)20)4-10(5-8)23(21,22)17-9-1-2-11-12(6-9)16-18-15-11/h1-6,17H,(H,19,20)(H,15,16,18). The third kappa shape index (κ3) is 2.97. The van der Waals surface area contributed by atoms with Crippen molar-refractivity contribution in [1.29, 1.82) is 0 Å². The second kappa shape index (κ2) is 5.32. The zero-order valence-electron chi connectivity index (χ0n) is 11.3. The molecule has 2 aromatic carbocycles. The number of hydrogen-bond acceptors (Lipinski definition) is 5. The van der Waals surface area contributed by atoms with Gasteiger partial charge >= 0.3 is 5.97 Å². The second-order valence-corrected chi connectivity index (χ2v) is 6.30. The molecule has 10 heteroatoms. The van der Waals surface area contributed by atoms with Crippen molar-refractivity contribution in [2.75, 3.05) is 4.72 Å². The van der Waals surface area contributed by atoms with E-state index in [2.05, 4.69) is 20.1 Å². The topological polar surface area (TPSA) is 125 Å². The lowest BCUT2D eigenvalue weighted by atomic mass is 10.2. The summed E-state index contributed by atoms with van der Waals surface area (Å²) in [6, 6.07) is 6.80. The summed E-state index contributed by atoms with van der Waals surface area (Å²) in [5.74, 6) is -2.39. The van der Waals surface area contributed by atoms with Gasteiger partial charge in [-0.1, -0.05) is 0 Å². The molecule has 8 nitrogen and oxygen atoms in total. The number of aromatic nitrogens is 3. The van der Waals surface area contributed by atoms with Crippen LogP contribution in [0.4, 0.5) is 10.1 Å². The summed E-state index contributed by atoms with van der Waals surface area (Å²) in [7, 11) is -4.16. The monoisotopic (exact) mass is 336 g/mol. The lowest BCUT2D eigenvalue weighted by molar-refractivity contribution is 0.0696. The van der Waals surface area contributed by atoms with Crippen LogP contribution in [0.3, 0.4) is 0 Å². The van der Waals surface area contributed by atoms with E-state index in [0.717, 1.165) is 18.2 Å². The van der Waals surface area contributed by atoms with E-state index in [9.17, 15) is 17.6 Å². The van der Waals surface area contributed by atoms with Crippen molar-refractivity contribution in [3.8, 4) is 0 Å². The SMILES string of the molecule is O=C(O)c1cc(F)cc(S(=O)(=O)Nc2ccc3n[nH]nc3c2)c1. The number of carboxylic acids is 1. The smallest absolute Gasteiger partial charge is 0.335 e. The highest BCUT2D eigenvalue weighted by Crippen LogP contribution is 2.21. The molecule has 1 heterocycles. The minimum absolute atomic E-state index is 0.188. The minimum atomic E-state index is -4.16. The van der Waals surface area contributed by atoms with E-state index in [4.69, 9.17) is 5.11 Å². The highest BCUT2D eigenvalue weighted by Gasteiger charge is 2.18. The Bertz CT molecular complexity index is 1020. The van der Waals surface area contributed by atoms with Crippen LogP contribution in [0.1, 0.15) is 10.4 Å². The fraction of sp³-hybridized carbons (Fsp3) is 0. The summed E-state index contributed by atoms with van der Waals surface area (Å²) < 4.78 is 40.3. The number of sulfonamides is 1. The normalized spacial score (nSPS) is 11.5. The van der Waals surface area contributed by atoms with Gasteiger partial charge in [-0.05, 0) is 36.4 Å². The van der Waals surface area contributed by atoms with E-state index >= 15 is 0 Å². The molecule has 118 valence electrons. The zero-order valence-corrected chi connectivity index (χ0v) is 12.1. The number of nitrogens with zero attached hydrogens (tertiary/aromatic N) is 2. The van der Waals surface area contributed by atoms with Crippen LogP contribution >= 0.6 is 0 Å². The lowest BCUT2D eigenvalue weighted by Gasteiger charge is -2.09. The first kappa shape index (κ1) is 14.9. The Morgan fingerprint density at radius 2 is 1.87 bits per heavy atom. The maximum absolute atomic E-state index is 13.4. The summed E-state index contributed by atoms with van der Waals surface area (Å²) in [5.41, 5.74) is 0.715. The maximum atomic E-state index is 13.4. The van der Waals surface area contributed by atoms with Crippen LogP contribution in [0.5, 0.6) is 0 Å². The van der Waals surface area contributed by atoms with Crippen LogP contribution in [-0.2, 0) is 10.0 Å². The van der Waals surface area contributed by atoms with Gasteiger partial charge in [0.1, 0.15) is 16.9 Å². The van der Waals surface area contributed by atoms with Crippen molar-refractivity contribution in [1.82, 2.24) is 15.4 Å². The van der Waals surface area contributed by atoms with Crippen molar-refractivity contribution in [3.05, 3.63) is 47.8 Å². The number of aromatic carboxylic acids is 1. The molecular weight excluding hydrogens is 327 g/mol. The number of fused-ring (bicyclic) bond motifs is 1. The number of aromatic amines is 1. The first-order chi connectivity index (χ1) is 10.8. The molecule has 0 saturated heterocycles. The lowest BCUT2D eigenvalue weighted by Crippen LogP contribution is -2.14. The molecule has 3 aromatic rings. The van der Waals surface area contributed by atoms with Gasteiger partial charge in [-0.2, -0.15) is 15.4 Å². The van der Waals surface area contributed by atoms with Gasteiger partial charge in [-0.15, -0.1) is 0 Å². The van der Waals surface area contributed by atoms with E-state index in [1.54, 1.807) is 6.07 Å². The summed E-state index contributed by atoms with van der Waals surface area (Å²) in [6.07, 6.45) is 0. The fourth-order valence-electron chi connectivity index (χ4n) is 1.96. The van der Waals surface area contributed by atoms with E-state index in [1.807, 2.05) is 0 Å². The second-order valence-electron chi connectivity index (χ2n) is 4.61. The molecule has 0 unspecified atom stereocenters. The van der Waals surface area contributed by atoms with Crippen molar-refractivity contribution in [2.45, 2.75) is 4.90 Å². The Kier molecular flexibility index (Phi) is 3.45. The summed E-state index contributed by atoms with van der Waals surface area (Å²) >= 11 is 0. The Balaban J connectivity index is 1.99. The van der Waals surface area contributed by atoms with Crippen molar-refractivity contribution in [3.63, 3.8) is 0 Å². The number of anilines is 1. The number of nitrogens with one attached hydrogen (secondary N) is 2. The van der Waals surface area contributed by atoms with Gasteiger partial charge in [0.05, 0.1) is 16.1 Å². The predicted molar refractivity (Wildman–Crippen MR) is 78.1 cm³/mol. The number of H-pyrrole nitrogens is 1. The molecule has 0 aliphatic heterocycles. The van der Waals surface area contributed by atoms with E-state index in [0.29, 0.717) is 11.0 Å². The largest absolute Gasteiger partial charge is 0.478 e. The first-order valence-corrected chi connectivity index (χ1v) is 7.71. The Morgan fingerprint density at radius 3 is 2.61 bits per heavy atom. The molecular formula is C13H9FN4O4S. The maximum Gasteiger partial charge on any atom is 0.335 e. The van der Waals surface area contributed by atoms with Crippen molar-refractivity contribution < 1.29 is 22.7 Å². The highest BCUT2D eigenvalue weighted by molar-refractivity contribution is 7.92. The molecule has 3 N–H and O–H groups in total. The van der Waals surface area contributed by atoms with Gasteiger partial charge in [0.25, 0.3) is 10.0 Å². The minimum Gasteiger partial charge on any atom is -0.478 e. The van der Waals surface area contributed by atoms with Gasteiger partial charge in [-0.3, -0.25) is 4.72 Å². The molecule has 0 bridgehead atoms. The van der Waals surface area contributed by atoms with Crippen LogP contribution in [-0.4, -0.2) is 34.9 Å². The Labute approximate surface area is 129 Å². The zero-order chi connectivity index (χ0) is 16.6. The molecule has 0 spiro atoms. The van der Waals surface area contributed by atoms with Crippen molar-refractivity contribution >= 4 is 32.7 Å². The summed E-state index contributed by atoms with van der Waals surface area (Å²) in [5, 5.41) is 18.9. The number of halogens is 1. The number of benzene rings is 2. The van der Waals surface area contributed by atoms with Crippen molar-refractivity contribution in [2.24, 2.45) is 0 Å². The van der Waals surface area contributed by atoms with Gasteiger partial charge in [0, 0.05) is 0 Å². The molecule has 0 aliphatic rings. The Hall–Kier alpha value is -3.01. The van der Waals surface area contributed by atoms with Crippen LogP contribution in [0.25, 0.3) is 11.0 Å². The van der Waals surface area contributed by atoms with Crippen LogP contribution in [0.15, 0.2) is 41.3 Å². The summed E-state index contributed by atoms with van der Waals surface area (Å²) in [6.45, 7) is 0. The molecule has 0 fully saturated rings. The van der Waals surface area contributed by atoms with Crippen LogP contribution in [0, 0.1) is 5.82 Å². The van der Waals surface area contributed by atoms with Gasteiger partial charge < -0.3 is 5.11 Å². The van der Waals surface area contributed by atoms with Crippen LogP contribution < -0.4 is 4.72 Å². The third-order valence-electron chi connectivity index (χ3n) is 3.00. The number of carbonyl (C=O) groups is 1. The van der Waals surface area contributed by atoms with Gasteiger partial charge in [-0.25, -0.2) is 17.6 Å². The molecule has 0 saturated carbocycles.